The van der Waals surface area contributed by atoms with Crippen LogP contribution in [0.15, 0.2) is 18.2 Å². The van der Waals surface area contributed by atoms with E-state index in [0.717, 1.165) is 18.4 Å². The highest BCUT2D eigenvalue weighted by Gasteiger charge is 2.11. The number of hydrogen-bond donors (Lipinski definition) is 1. The molecule has 11 heavy (non-hydrogen) atoms. The molecule has 1 radical (unpaired) electrons. The first-order valence-corrected chi connectivity index (χ1v) is 4.02. The molecule has 1 N–H and O–H groups in total. The van der Waals surface area contributed by atoms with Gasteiger partial charge in [0, 0.05) is 0 Å². The van der Waals surface area contributed by atoms with E-state index in [1.165, 1.54) is 12.0 Å². The second-order valence-electron chi connectivity index (χ2n) is 2.94. The Morgan fingerprint density at radius 1 is 1.27 bits per heavy atom. The van der Waals surface area contributed by atoms with E-state index in [-0.39, 0.29) is 0 Å². The van der Waals surface area contributed by atoms with E-state index in [2.05, 4.69) is 12.5 Å². The number of hydrogen-bond acceptors (Lipinski definition) is 1. The van der Waals surface area contributed by atoms with Gasteiger partial charge >= 0.3 is 0 Å². The zero-order valence-electron chi connectivity index (χ0n) is 6.38. The number of fused-ring (bicyclic) bond motifs is 1. The van der Waals surface area contributed by atoms with Gasteiger partial charge < -0.3 is 5.11 Å². The fraction of sp³-hybridized carbons (Fsp3) is 0.300. The zero-order valence-corrected chi connectivity index (χ0v) is 6.38. The molecule has 0 heterocycles. The molecule has 0 saturated carbocycles. The second-order valence-corrected chi connectivity index (χ2v) is 2.94. The van der Waals surface area contributed by atoms with Crippen LogP contribution in [0.4, 0.5) is 0 Å². The molecule has 1 heteroatoms. The van der Waals surface area contributed by atoms with E-state index < -0.39 is 0 Å². The first kappa shape index (κ1) is 6.71. The van der Waals surface area contributed by atoms with Gasteiger partial charge in [-0.05, 0) is 42.9 Å². The lowest BCUT2D eigenvalue weighted by atomic mass is 9.91. The first-order chi connectivity index (χ1) is 5.38. The summed E-state index contributed by atoms with van der Waals surface area (Å²) in [5.41, 5.74) is 2.34. The SMILES string of the molecule is Oc1cccc2c1CCC[CH]2. The van der Waals surface area contributed by atoms with E-state index in [0.29, 0.717) is 5.75 Å². The molecule has 0 unspecified atom stereocenters. The van der Waals surface area contributed by atoms with E-state index in [1.54, 1.807) is 6.07 Å². The molecule has 2 rings (SSSR count). The predicted octanol–water partition coefficient (Wildman–Crippen LogP) is 2.28. The molecule has 1 nitrogen and oxygen atoms in total. The van der Waals surface area contributed by atoms with Crippen LogP contribution in [0, 0.1) is 6.42 Å². The maximum atomic E-state index is 9.44. The third-order valence-corrected chi connectivity index (χ3v) is 2.18. The molecule has 0 aliphatic heterocycles. The number of rotatable bonds is 0. The van der Waals surface area contributed by atoms with Gasteiger partial charge in [0.15, 0.2) is 0 Å². The maximum absolute atomic E-state index is 9.44. The second kappa shape index (κ2) is 2.57. The molecule has 1 aliphatic carbocycles. The Balaban J connectivity index is 2.49. The van der Waals surface area contributed by atoms with E-state index >= 15 is 0 Å². The van der Waals surface area contributed by atoms with Gasteiger partial charge in [-0.15, -0.1) is 0 Å². The lowest BCUT2D eigenvalue weighted by molar-refractivity contribution is 0.465. The monoisotopic (exact) mass is 147 g/mol. The predicted molar refractivity (Wildman–Crippen MR) is 44.4 cm³/mol. The average molecular weight is 147 g/mol. The molecule has 57 valence electrons. The van der Waals surface area contributed by atoms with Gasteiger partial charge in [0.25, 0.3) is 0 Å². The number of phenols is 1. The van der Waals surface area contributed by atoms with Crippen molar-refractivity contribution in [2.75, 3.05) is 0 Å². The van der Waals surface area contributed by atoms with Gasteiger partial charge in [0.2, 0.25) is 0 Å². The Morgan fingerprint density at radius 3 is 3.00 bits per heavy atom. The lowest BCUT2D eigenvalue weighted by Crippen LogP contribution is -1.99. The maximum Gasteiger partial charge on any atom is 0.119 e. The first-order valence-electron chi connectivity index (χ1n) is 4.02. The van der Waals surface area contributed by atoms with Crippen molar-refractivity contribution in [3.63, 3.8) is 0 Å². The van der Waals surface area contributed by atoms with Gasteiger partial charge in [0.1, 0.15) is 5.75 Å². The van der Waals surface area contributed by atoms with Gasteiger partial charge in [-0.2, -0.15) is 0 Å². The molecule has 0 aromatic heterocycles. The summed E-state index contributed by atoms with van der Waals surface area (Å²) < 4.78 is 0. The van der Waals surface area contributed by atoms with Gasteiger partial charge in [-0.3, -0.25) is 0 Å². The summed E-state index contributed by atoms with van der Waals surface area (Å²) in [5.74, 6) is 0.457. The normalized spacial score (nSPS) is 16.0. The molecule has 1 aliphatic rings. The summed E-state index contributed by atoms with van der Waals surface area (Å²) in [6, 6.07) is 5.72. The van der Waals surface area contributed by atoms with Crippen LogP contribution in [0.5, 0.6) is 5.75 Å². The Bertz CT molecular complexity index is 266. The van der Waals surface area contributed by atoms with Crippen molar-refractivity contribution in [2.45, 2.75) is 19.3 Å². The van der Waals surface area contributed by atoms with E-state index in [4.69, 9.17) is 0 Å². The van der Waals surface area contributed by atoms with Crippen molar-refractivity contribution in [1.82, 2.24) is 0 Å². The molecular formula is C10H11O. The van der Waals surface area contributed by atoms with Crippen molar-refractivity contribution in [1.29, 1.82) is 0 Å². The lowest BCUT2D eigenvalue weighted by Gasteiger charge is -2.15. The van der Waals surface area contributed by atoms with E-state index in [9.17, 15) is 5.11 Å². The summed E-state index contributed by atoms with van der Waals surface area (Å²) in [6.45, 7) is 0. The van der Waals surface area contributed by atoms with Crippen LogP contribution < -0.4 is 0 Å². The van der Waals surface area contributed by atoms with Crippen molar-refractivity contribution in [3.05, 3.63) is 35.7 Å². The largest absolute Gasteiger partial charge is 0.508 e. The fourth-order valence-corrected chi connectivity index (χ4v) is 1.59. The molecule has 1 aromatic rings. The highest BCUT2D eigenvalue weighted by atomic mass is 16.3. The smallest absolute Gasteiger partial charge is 0.119 e. The summed E-state index contributed by atoms with van der Waals surface area (Å²) in [4.78, 5) is 0. The third-order valence-electron chi connectivity index (χ3n) is 2.18. The van der Waals surface area contributed by atoms with Crippen LogP contribution >= 0.6 is 0 Å². The Labute approximate surface area is 66.7 Å². The van der Waals surface area contributed by atoms with Crippen LogP contribution in [-0.2, 0) is 6.42 Å². The minimum atomic E-state index is 0.457. The van der Waals surface area contributed by atoms with Crippen LogP contribution in [0.1, 0.15) is 24.0 Å². The van der Waals surface area contributed by atoms with Gasteiger partial charge in [-0.25, -0.2) is 0 Å². The summed E-state index contributed by atoms with van der Waals surface area (Å²) in [5, 5.41) is 9.44. The van der Waals surface area contributed by atoms with Crippen LogP contribution in [0.25, 0.3) is 0 Å². The highest BCUT2D eigenvalue weighted by molar-refractivity contribution is 5.44. The fourth-order valence-electron chi connectivity index (χ4n) is 1.59. The van der Waals surface area contributed by atoms with Crippen molar-refractivity contribution in [2.24, 2.45) is 0 Å². The minimum absolute atomic E-state index is 0.457. The Hall–Kier alpha value is -0.980. The molecule has 0 amide bonds. The van der Waals surface area contributed by atoms with Gasteiger partial charge in [0.05, 0.1) is 0 Å². The average Bonchev–Trinajstić information content (AvgIpc) is 2.06. The molecule has 0 atom stereocenters. The molecule has 1 aromatic carbocycles. The third kappa shape index (κ3) is 1.11. The summed E-state index contributed by atoms with van der Waals surface area (Å²) >= 11 is 0. The number of phenolic OH excluding ortho intramolecular Hbond substituents is 1. The molecule has 0 bridgehead atoms. The van der Waals surface area contributed by atoms with Crippen molar-refractivity contribution in [3.8, 4) is 5.75 Å². The summed E-state index contributed by atoms with van der Waals surface area (Å²) in [6.07, 6.45) is 5.54. The van der Waals surface area contributed by atoms with Crippen LogP contribution in [0.3, 0.4) is 0 Å². The molecule has 0 fully saturated rings. The molecular weight excluding hydrogens is 136 g/mol. The Morgan fingerprint density at radius 2 is 2.18 bits per heavy atom. The Kier molecular flexibility index (Phi) is 1.57. The highest BCUT2D eigenvalue weighted by Crippen LogP contribution is 2.29. The van der Waals surface area contributed by atoms with Crippen LogP contribution in [0.2, 0.25) is 0 Å². The number of aromatic hydroxyl groups is 1. The van der Waals surface area contributed by atoms with Crippen molar-refractivity contribution < 1.29 is 5.11 Å². The quantitative estimate of drug-likeness (QED) is 0.597. The number of benzene rings is 1. The van der Waals surface area contributed by atoms with E-state index in [1.807, 2.05) is 6.07 Å². The topological polar surface area (TPSA) is 20.2 Å². The van der Waals surface area contributed by atoms with Crippen LogP contribution in [-0.4, -0.2) is 5.11 Å². The van der Waals surface area contributed by atoms with Gasteiger partial charge in [-0.1, -0.05) is 12.1 Å². The minimum Gasteiger partial charge on any atom is -0.508 e. The molecule has 0 saturated heterocycles. The standard InChI is InChI=1S/C10H11O/c11-10-7-3-5-8-4-1-2-6-9(8)10/h3-5,7,11H,1-2,6H2. The molecule has 0 spiro atoms. The zero-order chi connectivity index (χ0) is 7.68. The van der Waals surface area contributed by atoms with Crippen molar-refractivity contribution >= 4 is 0 Å². The summed E-state index contributed by atoms with van der Waals surface area (Å²) in [7, 11) is 0.